The van der Waals surface area contributed by atoms with Crippen molar-refractivity contribution in [1.82, 2.24) is 19.9 Å². The summed E-state index contributed by atoms with van der Waals surface area (Å²) in [6.45, 7) is 14.7. The van der Waals surface area contributed by atoms with Gasteiger partial charge in [-0.2, -0.15) is 0 Å². The van der Waals surface area contributed by atoms with Gasteiger partial charge in [-0.3, -0.25) is 4.98 Å². The molecule has 2 heterocycles. The molecule has 304 valence electrons. The number of alkyl carbamates (subject to hydrolysis) is 1. The third-order valence-corrected chi connectivity index (χ3v) is 12.1. The minimum atomic E-state index is -1.20. The molecule has 0 bridgehead atoms. The average Bonchev–Trinajstić information content (AvgIpc) is 3.73. The fraction of sp³-hybridized carbons (Fsp3) is 0.628. The number of hydrogen-bond donors (Lipinski definition) is 1. The van der Waals surface area contributed by atoms with E-state index in [-0.39, 0.29) is 36.6 Å². The second-order valence-corrected chi connectivity index (χ2v) is 18.2. The second-order valence-electron chi connectivity index (χ2n) is 18.2. The Morgan fingerprint density at radius 3 is 2.38 bits per heavy atom. The maximum absolute atomic E-state index is 13.2. The molecule has 0 spiro atoms. The molecule has 1 N–H and O–H groups in total. The number of imidazole rings is 1. The first-order valence-electron chi connectivity index (χ1n) is 19.9. The predicted octanol–water partition coefficient (Wildman–Crippen LogP) is 8.22. The molecule has 13 heteroatoms. The van der Waals surface area contributed by atoms with Crippen LogP contribution in [0.15, 0.2) is 54.8 Å². The molecule has 7 atom stereocenters. The lowest BCUT2D eigenvalue weighted by Gasteiger charge is -2.57. The van der Waals surface area contributed by atoms with Crippen LogP contribution in [0.4, 0.5) is 14.4 Å². The Kier molecular flexibility index (Phi) is 11.7. The van der Waals surface area contributed by atoms with Crippen LogP contribution in [0.1, 0.15) is 112 Å². The van der Waals surface area contributed by atoms with Crippen LogP contribution in [-0.2, 0) is 34.9 Å². The minimum absolute atomic E-state index is 0.0804. The number of rotatable bonds is 9. The lowest BCUT2D eigenvalue weighted by Crippen LogP contribution is -2.50. The normalized spacial score (nSPS) is 27.6. The highest BCUT2D eigenvalue weighted by atomic mass is 16.7. The van der Waals surface area contributed by atoms with Crippen molar-refractivity contribution in [2.45, 2.75) is 130 Å². The van der Waals surface area contributed by atoms with E-state index in [1.54, 1.807) is 41.5 Å². The van der Waals surface area contributed by atoms with Gasteiger partial charge in [-0.1, -0.05) is 37.6 Å². The number of carbonyl (C=O) groups is 4. The Hall–Kier alpha value is -4.68. The zero-order valence-corrected chi connectivity index (χ0v) is 34.1. The van der Waals surface area contributed by atoms with Crippen LogP contribution in [0.5, 0.6) is 0 Å². The first-order chi connectivity index (χ1) is 26.3. The number of hydrogen-bond acceptors (Lipinski definition) is 11. The number of pyridine rings is 1. The van der Waals surface area contributed by atoms with Crippen molar-refractivity contribution in [2.75, 3.05) is 13.2 Å². The van der Waals surface area contributed by atoms with E-state index in [9.17, 15) is 19.2 Å². The first-order valence-corrected chi connectivity index (χ1v) is 19.9. The van der Waals surface area contributed by atoms with Crippen LogP contribution in [-0.4, -0.2) is 75.4 Å². The Balaban J connectivity index is 0.986. The topological polar surface area (TPSA) is 157 Å². The fourth-order valence-electron chi connectivity index (χ4n) is 9.54. The Morgan fingerprint density at radius 1 is 0.929 bits per heavy atom. The number of nitrogens with zero attached hydrogens (tertiary/aromatic N) is 3. The summed E-state index contributed by atoms with van der Waals surface area (Å²) in [6, 6.07) is 3.02. The maximum atomic E-state index is 13.2. The van der Waals surface area contributed by atoms with E-state index in [1.165, 1.54) is 35.7 Å². The summed E-state index contributed by atoms with van der Waals surface area (Å²) in [5, 5.41) is 2.52. The van der Waals surface area contributed by atoms with E-state index >= 15 is 0 Å². The summed E-state index contributed by atoms with van der Waals surface area (Å²) in [6.07, 6.45) is 15.6. The molecule has 0 radical (unpaired) electrons. The zero-order valence-electron chi connectivity index (χ0n) is 34.1. The lowest BCUT2D eigenvalue weighted by molar-refractivity contribution is -0.147. The molecule has 0 aliphatic heterocycles. The van der Waals surface area contributed by atoms with Gasteiger partial charge in [0.05, 0.1) is 5.69 Å². The number of fused-ring (bicyclic) bond motifs is 5. The summed E-state index contributed by atoms with van der Waals surface area (Å²) in [5.74, 6) is 1.03. The van der Waals surface area contributed by atoms with Crippen LogP contribution < -0.4 is 5.32 Å². The molecule has 0 saturated heterocycles. The van der Waals surface area contributed by atoms with E-state index in [0.29, 0.717) is 29.9 Å². The van der Waals surface area contributed by atoms with Crippen LogP contribution in [0.2, 0.25) is 0 Å². The predicted molar refractivity (Wildman–Crippen MR) is 207 cm³/mol. The Bertz CT molecular complexity index is 1840. The molecule has 56 heavy (non-hydrogen) atoms. The number of carbonyl (C=O) groups excluding carboxylic acids is 4. The molecule has 2 aromatic rings. The molecule has 2 saturated carbocycles. The lowest BCUT2D eigenvalue weighted by atomic mass is 9.47. The van der Waals surface area contributed by atoms with Gasteiger partial charge in [0.2, 0.25) is 0 Å². The number of ether oxygens (including phenoxy) is 5. The van der Waals surface area contributed by atoms with Gasteiger partial charge in [-0.25, -0.2) is 28.7 Å². The van der Waals surface area contributed by atoms with E-state index in [2.05, 4.69) is 47.4 Å². The first kappa shape index (κ1) is 41.0. The van der Waals surface area contributed by atoms with Gasteiger partial charge in [0.25, 0.3) is 0 Å². The highest BCUT2D eigenvalue weighted by Gasteiger charge is 2.57. The Morgan fingerprint density at radius 2 is 1.66 bits per heavy atom. The van der Waals surface area contributed by atoms with Gasteiger partial charge in [-0.15, -0.1) is 0 Å². The molecule has 13 nitrogen and oxygen atoms in total. The van der Waals surface area contributed by atoms with E-state index in [4.69, 9.17) is 23.7 Å². The summed E-state index contributed by atoms with van der Waals surface area (Å²) in [4.78, 5) is 59.6. The second kappa shape index (κ2) is 16.1. The van der Waals surface area contributed by atoms with Crippen LogP contribution in [0, 0.1) is 28.6 Å². The van der Waals surface area contributed by atoms with Crippen molar-refractivity contribution in [3.63, 3.8) is 0 Å². The molecule has 4 aliphatic rings. The molecule has 1 unspecified atom stereocenters. The minimum Gasteiger partial charge on any atom is -0.461 e. The van der Waals surface area contributed by atoms with Crippen LogP contribution >= 0.6 is 0 Å². The van der Waals surface area contributed by atoms with Crippen molar-refractivity contribution in [3.8, 4) is 0 Å². The van der Waals surface area contributed by atoms with E-state index in [1.807, 2.05) is 18.5 Å². The summed E-state index contributed by atoms with van der Waals surface area (Å²) >= 11 is 0. The summed E-state index contributed by atoms with van der Waals surface area (Å²) in [7, 11) is 0. The number of aromatic nitrogens is 3. The fourth-order valence-corrected chi connectivity index (χ4v) is 9.54. The summed E-state index contributed by atoms with van der Waals surface area (Å²) in [5.41, 5.74) is 3.14. The number of nitrogens with one attached hydrogen (secondary N) is 1. The molecule has 2 fully saturated rings. The van der Waals surface area contributed by atoms with Crippen molar-refractivity contribution in [3.05, 3.63) is 66.0 Å². The van der Waals surface area contributed by atoms with Crippen LogP contribution in [0.3, 0.4) is 0 Å². The van der Waals surface area contributed by atoms with Gasteiger partial charge in [-0.05, 0) is 126 Å². The van der Waals surface area contributed by atoms with Crippen molar-refractivity contribution >= 4 is 29.9 Å². The quantitative estimate of drug-likeness (QED) is 0.113. The number of allylic oxidation sites excluding steroid dienone is 3. The third kappa shape index (κ3) is 9.29. The van der Waals surface area contributed by atoms with Gasteiger partial charge in [0.15, 0.2) is 0 Å². The number of esters is 1. The molecule has 2 aromatic heterocycles. The molecule has 4 aliphatic carbocycles. The van der Waals surface area contributed by atoms with E-state index < -0.39 is 41.6 Å². The largest absolute Gasteiger partial charge is 0.508 e. The standard InChI is InChI=1S/C43H58N4O9/c1-40(2,3)55-37(49)46-35(23-29-25-47(26-45-29)38(50)56-41(4,5)6)36(48)52-20-21-53-39(51)54-30-15-17-42(7)28(22-30)11-12-31-33-14-13-32(27-10-9-19-44-24-27)43(33,8)18-16-34(31)42/h9-11,13,19,24-26,30-31,33-35H,12,14-18,20-23H2,1-8H3,(H,46,49)/t30-,31-,33-,34-,35?,42-,43+/m0/s1. The van der Waals surface area contributed by atoms with Gasteiger partial charge in [0, 0.05) is 31.4 Å². The zero-order chi connectivity index (χ0) is 40.5. The van der Waals surface area contributed by atoms with Gasteiger partial charge < -0.3 is 29.0 Å². The highest BCUT2D eigenvalue weighted by Crippen LogP contribution is 2.66. The number of amides is 1. The van der Waals surface area contributed by atoms with E-state index in [0.717, 1.165) is 36.7 Å². The third-order valence-electron chi connectivity index (χ3n) is 12.1. The SMILES string of the molecule is CC(C)(C)OC(=O)NC(Cc1cn(C(=O)OC(C)(C)C)cn1)C(=O)OCCOC(=O)O[C@H]1CC[C@@]2(C)C(=CC[C@@H]3[C@@H]2CC[C@]2(C)C(c4cccnc4)=CC[C@@H]32)C1. The monoisotopic (exact) mass is 774 g/mol. The van der Waals surface area contributed by atoms with Crippen LogP contribution in [0.25, 0.3) is 5.57 Å². The molecule has 1 amide bonds. The van der Waals surface area contributed by atoms with Crippen molar-refractivity contribution in [1.29, 1.82) is 0 Å². The van der Waals surface area contributed by atoms with Gasteiger partial charge in [0.1, 0.15) is 42.9 Å². The maximum Gasteiger partial charge on any atom is 0.508 e. The molecular formula is C43H58N4O9. The summed E-state index contributed by atoms with van der Waals surface area (Å²) < 4.78 is 28.3. The Labute approximate surface area is 329 Å². The highest BCUT2D eigenvalue weighted by molar-refractivity contribution is 5.82. The smallest absolute Gasteiger partial charge is 0.461 e. The molecule has 6 rings (SSSR count). The van der Waals surface area contributed by atoms with Crippen molar-refractivity contribution in [2.24, 2.45) is 28.6 Å². The molecule has 0 aromatic carbocycles. The van der Waals surface area contributed by atoms with Crippen molar-refractivity contribution < 1.29 is 42.9 Å². The average molecular weight is 775 g/mol. The molecular weight excluding hydrogens is 716 g/mol. The van der Waals surface area contributed by atoms with Gasteiger partial charge >= 0.3 is 24.3 Å².